The second kappa shape index (κ2) is 13.4. The minimum atomic E-state index is 0.881. The van der Waals surface area contributed by atoms with Crippen LogP contribution in [0.4, 0.5) is 17.1 Å². The number of hydrogen-bond donors (Lipinski definition) is 0. The summed E-state index contributed by atoms with van der Waals surface area (Å²) in [5.74, 6) is 0. The number of fused-ring (bicyclic) bond motifs is 5. The van der Waals surface area contributed by atoms with E-state index < -0.39 is 0 Å². The number of rotatable bonds is 7. The Labute approximate surface area is 314 Å². The van der Waals surface area contributed by atoms with E-state index in [1.54, 1.807) is 0 Å². The van der Waals surface area contributed by atoms with Crippen molar-refractivity contribution >= 4 is 49.8 Å². The third-order valence-corrected chi connectivity index (χ3v) is 10.4. The topological polar surface area (TPSA) is 16.4 Å². The van der Waals surface area contributed by atoms with Crippen LogP contribution < -0.4 is 4.90 Å². The molecule has 0 aliphatic carbocycles. The highest BCUT2D eigenvalue weighted by Gasteiger charge is 2.20. The lowest BCUT2D eigenvalue weighted by atomic mass is 9.93. The fourth-order valence-electron chi connectivity index (χ4n) is 7.84. The van der Waals surface area contributed by atoms with E-state index >= 15 is 0 Å². The smallest absolute Gasteiger partial charge is 0.136 e. The van der Waals surface area contributed by atoms with Crippen LogP contribution in [0.2, 0.25) is 0 Å². The molecule has 0 saturated heterocycles. The molecule has 1 aromatic heterocycles. The van der Waals surface area contributed by atoms with Crippen LogP contribution in [0.5, 0.6) is 0 Å². The summed E-state index contributed by atoms with van der Waals surface area (Å²) in [6.07, 6.45) is 0. The van der Waals surface area contributed by atoms with Crippen LogP contribution in [-0.2, 0) is 0 Å². The van der Waals surface area contributed by atoms with Gasteiger partial charge in [0, 0.05) is 27.8 Å². The Balaban J connectivity index is 1.21. The van der Waals surface area contributed by atoms with Gasteiger partial charge >= 0.3 is 0 Å². The van der Waals surface area contributed by atoms with Crippen molar-refractivity contribution in [3.63, 3.8) is 0 Å². The third-order valence-electron chi connectivity index (χ3n) is 10.4. The van der Waals surface area contributed by atoms with Gasteiger partial charge in [0.25, 0.3) is 0 Å². The lowest BCUT2D eigenvalue weighted by molar-refractivity contribution is 0.669. The predicted octanol–water partition coefficient (Wildman–Crippen LogP) is 14.9. The SMILES string of the molecule is c1ccc(-c2ccc(-c3cc4oc5ccccc5c4c4cc(N(c5ccccc5)c5cc(-c6ccccc6)cc(-c6ccccc6)c5)ccc34)cc2)cc1. The molecule has 0 fully saturated rings. The van der Waals surface area contributed by atoms with Gasteiger partial charge in [-0.25, -0.2) is 0 Å². The molecular formula is C52H35NO. The zero-order valence-corrected chi connectivity index (χ0v) is 29.6. The summed E-state index contributed by atoms with van der Waals surface area (Å²) in [6.45, 7) is 0. The summed E-state index contributed by atoms with van der Waals surface area (Å²) in [5, 5.41) is 4.58. The fraction of sp³-hybridized carbons (Fsp3) is 0. The molecule has 0 spiro atoms. The van der Waals surface area contributed by atoms with E-state index in [2.05, 4.69) is 211 Å². The van der Waals surface area contributed by atoms with Gasteiger partial charge in [0.05, 0.1) is 0 Å². The minimum absolute atomic E-state index is 0.881. The number of para-hydroxylation sites is 2. The maximum Gasteiger partial charge on any atom is 0.136 e. The van der Waals surface area contributed by atoms with Gasteiger partial charge in [-0.15, -0.1) is 0 Å². The molecule has 0 radical (unpaired) electrons. The molecule has 0 atom stereocenters. The second-order valence-corrected chi connectivity index (χ2v) is 13.7. The van der Waals surface area contributed by atoms with Crippen molar-refractivity contribution < 1.29 is 4.42 Å². The van der Waals surface area contributed by atoms with Crippen molar-refractivity contribution in [2.45, 2.75) is 0 Å². The fourth-order valence-corrected chi connectivity index (χ4v) is 7.84. The van der Waals surface area contributed by atoms with Crippen molar-refractivity contribution in [3.05, 3.63) is 212 Å². The van der Waals surface area contributed by atoms with Gasteiger partial charge in [0.15, 0.2) is 0 Å². The van der Waals surface area contributed by atoms with Crippen molar-refractivity contribution in [2.75, 3.05) is 4.90 Å². The highest BCUT2D eigenvalue weighted by Crippen LogP contribution is 2.45. The Morgan fingerprint density at radius 2 is 0.796 bits per heavy atom. The quantitative estimate of drug-likeness (QED) is 0.166. The molecule has 10 aromatic rings. The van der Waals surface area contributed by atoms with Crippen LogP contribution in [0.25, 0.3) is 77.2 Å². The van der Waals surface area contributed by atoms with Crippen LogP contribution in [0, 0.1) is 0 Å². The first-order chi connectivity index (χ1) is 26.8. The molecule has 10 rings (SSSR count). The second-order valence-electron chi connectivity index (χ2n) is 13.7. The van der Waals surface area contributed by atoms with E-state index in [9.17, 15) is 0 Å². The normalized spacial score (nSPS) is 11.3. The van der Waals surface area contributed by atoms with Crippen molar-refractivity contribution in [1.29, 1.82) is 0 Å². The Morgan fingerprint density at radius 3 is 1.43 bits per heavy atom. The minimum Gasteiger partial charge on any atom is -0.456 e. The molecule has 54 heavy (non-hydrogen) atoms. The van der Waals surface area contributed by atoms with Crippen molar-refractivity contribution in [3.8, 4) is 44.5 Å². The molecule has 9 aromatic carbocycles. The van der Waals surface area contributed by atoms with Gasteiger partial charge in [-0.2, -0.15) is 0 Å². The largest absolute Gasteiger partial charge is 0.456 e. The highest BCUT2D eigenvalue weighted by molar-refractivity contribution is 6.22. The van der Waals surface area contributed by atoms with Crippen LogP contribution in [0.1, 0.15) is 0 Å². The van der Waals surface area contributed by atoms with Gasteiger partial charge < -0.3 is 9.32 Å². The average Bonchev–Trinajstić information content (AvgIpc) is 3.64. The summed E-state index contributed by atoms with van der Waals surface area (Å²) in [4.78, 5) is 2.38. The van der Waals surface area contributed by atoms with Gasteiger partial charge in [0.1, 0.15) is 11.2 Å². The molecule has 0 unspecified atom stereocenters. The number of benzene rings is 9. The predicted molar refractivity (Wildman–Crippen MR) is 228 cm³/mol. The first kappa shape index (κ1) is 31.6. The average molecular weight is 690 g/mol. The van der Waals surface area contributed by atoms with E-state index in [0.29, 0.717) is 0 Å². The first-order valence-electron chi connectivity index (χ1n) is 18.4. The summed E-state index contributed by atoms with van der Waals surface area (Å²) < 4.78 is 6.60. The van der Waals surface area contributed by atoms with Gasteiger partial charge in [-0.05, 0) is 110 Å². The third kappa shape index (κ3) is 5.71. The zero-order chi connectivity index (χ0) is 35.8. The lowest BCUT2D eigenvalue weighted by Gasteiger charge is -2.27. The Hall–Kier alpha value is -7.16. The van der Waals surface area contributed by atoms with E-state index in [1.165, 1.54) is 27.6 Å². The Kier molecular flexibility index (Phi) is 7.85. The monoisotopic (exact) mass is 689 g/mol. The molecule has 2 nitrogen and oxygen atoms in total. The Bertz CT molecular complexity index is 2840. The first-order valence-corrected chi connectivity index (χ1v) is 18.4. The van der Waals surface area contributed by atoms with Crippen LogP contribution >= 0.6 is 0 Å². The molecule has 0 aliphatic rings. The summed E-state index contributed by atoms with van der Waals surface area (Å²) >= 11 is 0. The Morgan fingerprint density at radius 1 is 0.278 bits per heavy atom. The van der Waals surface area contributed by atoms with Crippen molar-refractivity contribution in [2.24, 2.45) is 0 Å². The molecule has 0 N–H and O–H groups in total. The maximum absolute atomic E-state index is 6.60. The van der Waals surface area contributed by atoms with Crippen LogP contribution in [0.15, 0.2) is 217 Å². The van der Waals surface area contributed by atoms with E-state index in [0.717, 1.165) is 66.6 Å². The van der Waals surface area contributed by atoms with Gasteiger partial charge in [-0.3, -0.25) is 0 Å². The molecule has 1 heterocycles. The molecule has 0 saturated carbocycles. The highest BCUT2D eigenvalue weighted by atomic mass is 16.3. The number of hydrogen-bond acceptors (Lipinski definition) is 2. The van der Waals surface area contributed by atoms with E-state index in [1.807, 2.05) is 6.07 Å². The molecular weight excluding hydrogens is 655 g/mol. The summed E-state index contributed by atoms with van der Waals surface area (Å²) in [5.41, 5.74) is 14.4. The molecule has 0 aliphatic heterocycles. The number of nitrogens with zero attached hydrogens (tertiary/aromatic N) is 1. The number of furan rings is 1. The van der Waals surface area contributed by atoms with Crippen LogP contribution in [-0.4, -0.2) is 0 Å². The van der Waals surface area contributed by atoms with E-state index in [4.69, 9.17) is 4.42 Å². The van der Waals surface area contributed by atoms with Crippen molar-refractivity contribution in [1.82, 2.24) is 0 Å². The molecule has 0 amide bonds. The number of anilines is 3. The van der Waals surface area contributed by atoms with Gasteiger partial charge in [0.2, 0.25) is 0 Å². The van der Waals surface area contributed by atoms with E-state index in [-0.39, 0.29) is 0 Å². The maximum atomic E-state index is 6.60. The zero-order valence-electron chi connectivity index (χ0n) is 29.6. The summed E-state index contributed by atoms with van der Waals surface area (Å²) in [6, 6.07) is 75.9. The molecule has 254 valence electrons. The summed E-state index contributed by atoms with van der Waals surface area (Å²) in [7, 11) is 0. The molecule has 2 heteroatoms. The lowest BCUT2D eigenvalue weighted by Crippen LogP contribution is -2.10. The van der Waals surface area contributed by atoms with Gasteiger partial charge in [-0.1, -0.05) is 158 Å². The van der Waals surface area contributed by atoms with Crippen LogP contribution in [0.3, 0.4) is 0 Å². The molecule has 0 bridgehead atoms. The standard InChI is InChI=1S/C52H35NO/c1-5-15-36(16-6-1)39-25-27-40(28-26-39)48-35-51-52(47-23-13-14-24-50(47)54-51)49-34-44(29-30-46(48)49)53(43-21-11-4-12-22-43)45-32-41(37-17-7-2-8-18-37)31-42(33-45)38-19-9-3-10-20-38/h1-35H.